The quantitative estimate of drug-likeness (QED) is 0.781. The number of benzene rings is 1. The van der Waals surface area contributed by atoms with Gasteiger partial charge in [0, 0.05) is 12.1 Å². The number of carbonyl (C=O) groups is 1. The summed E-state index contributed by atoms with van der Waals surface area (Å²) in [6.45, 7) is -0.636. The van der Waals surface area contributed by atoms with E-state index in [2.05, 4.69) is 5.10 Å². The zero-order chi connectivity index (χ0) is 16.5. The Balaban J connectivity index is 2.18. The average molecular weight is 353 g/mol. The third-order valence-corrected chi connectivity index (χ3v) is 3.49. The van der Waals surface area contributed by atoms with Crippen molar-refractivity contribution < 1.29 is 22.7 Å². The van der Waals surface area contributed by atoms with Crippen molar-refractivity contribution in [2.75, 3.05) is 0 Å². The van der Waals surface area contributed by atoms with Gasteiger partial charge in [0.25, 0.3) is 0 Å². The Kier molecular flexibility index (Phi) is 4.67. The maximum Gasteiger partial charge on any atom is 0.435 e. The number of aromatic nitrogens is 2. The summed E-state index contributed by atoms with van der Waals surface area (Å²) in [6.07, 6.45) is -4.69. The second kappa shape index (κ2) is 6.18. The summed E-state index contributed by atoms with van der Waals surface area (Å²) in [5.74, 6) is -0.787. The second-order valence-electron chi connectivity index (χ2n) is 4.32. The predicted molar refractivity (Wildman–Crippen MR) is 73.8 cm³/mol. The van der Waals surface area contributed by atoms with E-state index in [1.165, 1.54) is 31.3 Å². The van der Waals surface area contributed by atoms with E-state index in [-0.39, 0.29) is 16.3 Å². The Hall–Kier alpha value is -1.73. The first-order valence-electron chi connectivity index (χ1n) is 5.91. The molecule has 0 amide bonds. The molecule has 118 valence electrons. The Morgan fingerprint density at radius 1 is 1.27 bits per heavy atom. The first-order chi connectivity index (χ1) is 10.2. The summed E-state index contributed by atoms with van der Waals surface area (Å²) >= 11 is 11.4. The van der Waals surface area contributed by atoms with Gasteiger partial charge in [-0.25, -0.2) is 4.79 Å². The maximum atomic E-state index is 12.8. The molecular formula is C13H9Cl2F3N2O2. The summed E-state index contributed by atoms with van der Waals surface area (Å²) in [7, 11) is 1.27. The molecule has 0 spiro atoms. The summed E-state index contributed by atoms with van der Waals surface area (Å²) in [4.78, 5) is 11.8. The number of hydrogen-bond donors (Lipinski definition) is 0. The van der Waals surface area contributed by atoms with Crippen molar-refractivity contribution in [3.8, 4) is 0 Å². The molecule has 1 aromatic carbocycles. The largest absolute Gasteiger partial charge is 0.457 e. The van der Waals surface area contributed by atoms with Crippen molar-refractivity contribution in [2.45, 2.75) is 12.8 Å². The Labute approximate surface area is 133 Å². The van der Waals surface area contributed by atoms with Crippen LogP contribution in [0.15, 0.2) is 24.3 Å². The van der Waals surface area contributed by atoms with Crippen LogP contribution in [0.1, 0.15) is 21.6 Å². The zero-order valence-corrected chi connectivity index (χ0v) is 12.6. The summed E-state index contributed by atoms with van der Waals surface area (Å²) < 4.78 is 44.3. The molecule has 0 saturated heterocycles. The first-order valence-corrected chi connectivity index (χ1v) is 6.67. The molecule has 0 fully saturated rings. The molecule has 4 nitrogen and oxygen atoms in total. The van der Waals surface area contributed by atoms with Crippen molar-refractivity contribution in [3.05, 3.63) is 51.3 Å². The van der Waals surface area contributed by atoms with Gasteiger partial charge < -0.3 is 4.74 Å². The van der Waals surface area contributed by atoms with Crippen LogP contribution in [0.4, 0.5) is 13.2 Å². The fraction of sp³-hybridized carbons (Fsp3) is 0.231. The molecule has 0 radical (unpaired) electrons. The molecule has 0 unspecified atom stereocenters. The molecule has 1 heterocycles. The van der Waals surface area contributed by atoms with E-state index in [1.807, 2.05) is 0 Å². The smallest absolute Gasteiger partial charge is 0.435 e. The van der Waals surface area contributed by atoms with E-state index in [1.54, 1.807) is 0 Å². The molecule has 0 saturated carbocycles. The number of aryl methyl sites for hydroxylation is 1. The van der Waals surface area contributed by atoms with Crippen LogP contribution in [0.5, 0.6) is 0 Å². The third kappa shape index (κ3) is 3.53. The number of carbonyl (C=O) groups excluding carboxylic acids is 1. The van der Waals surface area contributed by atoms with Crippen molar-refractivity contribution >= 4 is 29.2 Å². The number of ether oxygens (including phenoxy) is 1. The van der Waals surface area contributed by atoms with Gasteiger partial charge in [-0.1, -0.05) is 23.2 Å². The number of nitrogens with zero attached hydrogens (tertiary/aromatic N) is 2. The molecule has 0 N–H and O–H groups in total. The van der Waals surface area contributed by atoms with Gasteiger partial charge in [-0.3, -0.25) is 4.68 Å². The van der Waals surface area contributed by atoms with Gasteiger partial charge in [0.2, 0.25) is 0 Å². The molecule has 22 heavy (non-hydrogen) atoms. The van der Waals surface area contributed by atoms with E-state index < -0.39 is 24.4 Å². The lowest BCUT2D eigenvalue weighted by molar-refractivity contribution is -0.142. The highest BCUT2D eigenvalue weighted by Gasteiger charge is 2.39. The minimum atomic E-state index is -4.69. The van der Waals surface area contributed by atoms with Crippen LogP contribution in [0.25, 0.3) is 0 Å². The van der Waals surface area contributed by atoms with Crippen LogP contribution in [-0.2, 0) is 24.6 Å². The Bertz CT molecular complexity index is 697. The molecule has 1 aromatic heterocycles. The van der Waals surface area contributed by atoms with Crippen LogP contribution in [0.2, 0.25) is 10.2 Å². The highest BCUT2D eigenvalue weighted by molar-refractivity contribution is 6.30. The number of rotatable bonds is 3. The molecule has 0 aliphatic carbocycles. The lowest BCUT2D eigenvalue weighted by Gasteiger charge is -2.08. The second-order valence-corrected chi connectivity index (χ2v) is 5.12. The van der Waals surface area contributed by atoms with Gasteiger partial charge in [-0.15, -0.1) is 0 Å². The topological polar surface area (TPSA) is 44.1 Å². The molecule has 0 aliphatic rings. The predicted octanol–water partition coefficient (Wildman–Crippen LogP) is 4.10. The van der Waals surface area contributed by atoms with Crippen LogP contribution in [-0.4, -0.2) is 15.7 Å². The lowest BCUT2D eigenvalue weighted by Crippen LogP contribution is -2.12. The molecular weight excluding hydrogens is 344 g/mol. The summed E-state index contributed by atoms with van der Waals surface area (Å²) in [6, 6.07) is 5.74. The molecule has 9 heteroatoms. The van der Waals surface area contributed by atoms with Gasteiger partial charge >= 0.3 is 12.1 Å². The van der Waals surface area contributed by atoms with E-state index in [0.29, 0.717) is 5.02 Å². The van der Waals surface area contributed by atoms with E-state index in [0.717, 1.165) is 4.68 Å². The maximum absolute atomic E-state index is 12.8. The number of halogens is 5. The van der Waals surface area contributed by atoms with Crippen molar-refractivity contribution in [2.24, 2.45) is 7.05 Å². The van der Waals surface area contributed by atoms with Crippen molar-refractivity contribution in [1.29, 1.82) is 0 Å². The van der Waals surface area contributed by atoms with Crippen molar-refractivity contribution in [1.82, 2.24) is 9.78 Å². The standard InChI is InChI=1S/C13H9Cl2F3N2O2/c1-20-11(15)9(10(19-20)13(16,17)18)6-22-12(21)7-2-4-8(14)5-3-7/h2-5H,6H2,1H3. The lowest BCUT2D eigenvalue weighted by atomic mass is 10.2. The number of esters is 1. The Morgan fingerprint density at radius 2 is 1.86 bits per heavy atom. The molecule has 0 bridgehead atoms. The van der Waals surface area contributed by atoms with Crippen LogP contribution >= 0.6 is 23.2 Å². The molecule has 2 aromatic rings. The molecule has 0 atom stereocenters. The molecule has 0 aliphatic heterocycles. The van der Waals surface area contributed by atoms with Crippen LogP contribution in [0, 0.1) is 0 Å². The number of hydrogen-bond acceptors (Lipinski definition) is 3. The minimum Gasteiger partial charge on any atom is -0.457 e. The van der Waals surface area contributed by atoms with E-state index in [4.69, 9.17) is 27.9 Å². The Morgan fingerprint density at radius 3 is 2.41 bits per heavy atom. The van der Waals surface area contributed by atoms with Crippen LogP contribution in [0.3, 0.4) is 0 Å². The summed E-state index contributed by atoms with van der Waals surface area (Å²) in [5.41, 5.74) is -1.40. The van der Waals surface area contributed by atoms with Crippen LogP contribution < -0.4 is 0 Å². The average Bonchev–Trinajstić information content (AvgIpc) is 2.73. The molecule has 2 rings (SSSR count). The zero-order valence-electron chi connectivity index (χ0n) is 11.1. The SMILES string of the molecule is Cn1nc(C(F)(F)F)c(COC(=O)c2ccc(Cl)cc2)c1Cl. The highest BCUT2D eigenvalue weighted by Crippen LogP contribution is 2.34. The van der Waals surface area contributed by atoms with Gasteiger partial charge in [-0.2, -0.15) is 18.3 Å². The van der Waals surface area contributed by atoms with Gasteiger partial charge in [0.15, 0.2) is 5.69 Å². The third-order valence-electron chi connectivity index (χ3n) is 2.77. The van der Waals surface area contributed by atoms with Gasteiger partial charge in [-0.05, 0) is 24.3 Å². The minimum absolute atomic E-state index is 0.165. The normalized spacial score (nSPS) is 11.5. The number of alkyl halides is 3. The van der Waals surface area contributed by atoms with E-state index in [9.17, 15) is 18.0 Å². The monoisotopic (exact) mass is 352 g/mol. The summed E-state index contributed by atoms with van der Waals surface area (Å²) in [5, 5.41) is 3.48. The van der Waals surface area contributed by atoms with Crippen molar-refractivity contribution in [3.63, 3.8) is 0 Å². The highest BCUT2D eigenvalue weighted by atomic mass is 35.5. The van der Waals surface area contributed by atoms with E-state index >= 15 is 0 Å². The fourth-order valence-corrected chi connectivity index (χ4v) is 2.02. The fourth-order valence-electron chi connectivity index (χ4n) is 1.71. The van der Waals surface area contributed by atoms with Gasteiger partial charge in [0.05, 0.1) is 11.1 Å². The van der Waals surface area contributed by atoms with Gasteiger partial charge in [0.1, 0.15) is 11.8 Å². The first kappa shape index (κ1) is 16.6.